The second-order valence-electron chi connectivity index (χ2n) is 5.66. The van der Waals surface area contributed by atoms with Gasteiger partial charge in [0.25, 0.3) is 5.91 Å². The quantitative estimate of drug-likeness (QED) is 0.699. The molecule has 0 aliphatic heterocycles. The monoisotopic (exact) mass is 348 g/mol. The van der Waals surface area contributed by atoms with Crippen LogP contribution in [-0.4, -0.2) is 22.5 Å². The lowest BCUT2D eigenvalue weighted by atomic mass is 10.2. The molecule has 3 rings (SSSR count). The van der Waals surface area contributed by atoms with Gasteiger partial charge in [-0.3, -0.25) is 4.79 Å². The Hall–Kier alpha value is -3.41. The van der Waals surface area contributed by atoms with Crippen molar-refractivity contribution in [2.45, 2.75) is 13.8 Å². The van der Waals surface area contributed by atoms with Crippen LogP contribution in [0.5, 0.6) is 5.75 Å². The minimum absolute atomic E-state index is 0.182. The highest BCUT2D eigenvalue weighted by Crippen LogP contribution is 2.19. The Morgan fingerprint density at radius 3 is 2.54 bits per heavy atom. The molecule has 2 N–H and O–H groups in total. The number of aromatic nitrogens is 2. The van der Waals surface area contributed by atoms with E-state index in [9.17, 15) is 4.79 Å². The van der Waals surface area contributed by atoms with Gasteiger partial charge >= 0.3 is 0 Å². The molecule has 0 radical (unpaired) electrons. The summed E-state index contributed by atoms with van der Waals surface area (Å²) in [5, 5.41) is 6.08. The van der Waals surface area contributed by atoms with Gasteiger partial charge in [-0.05, 0) is 56.3 Å². The van der Waals surface area contributed by atoms with Crippen molar-refractivity contribution < 1.29 is 9.53 Å². The largest absolute Gasteiger partial charge is 0.494 e. The van der Waals surface area contributed by atoms with Crippen molar-refractivity contribution >= 4 is 23.1 Å². The van der Waals surface area contributed by atoms with Crippen molar-refractivity contribution in [3.05, 3.63) is 72.2 Å². The van der Waals surface area contributed by atoms with Crippen LogP contribution in [0.2, 0.25) is 0 Å². The number of benzene rings is 2. The lowest BCUT2D eigenvalue weighted by molar-refractivity contribution is 0.102. The van der Waals surface area contributed by atoms with Crippen LogP contribution in [0, 0.1) is 6.92 Å². The zero-order chi connectivity index (χ0) is 18.4. The van der Waals surface area contributed by atoms with E-state index in [0.29, 0.717) is 23.6 Å². The van der Waals surface area contributed by atoms with Crippen LogP contribution < -0.4 is 15.4 Å². The molecule has 0 bridgehead atoms. The summed E-state index contributed by atoms with van der Waals surface area (Å²) in [5.74, 6) is 1.22. The highest BCUT2D eigenvalue weighted by Gasteiger charge is 2.07. The Balaban J connectivity index is 1.65. The summed E-state index contributed by atoms with van der Waals surface area (Å²) in [6.07, 6.45) is 1.52. The Bertz CT molecular complexity index is 894. The molecular formula is C20H20N4O2. The van der Waals surface area contributed by atoms with Crippen LogP contribution in [0.25, 0.3) is 0 Å². The number of carbonyl (C=O) groups excluding carboxylic acids is 1. The summed E-state index contributed by atoms with van der Waals surface area (Å²) >= 11 is 0. The fourth-order valence-corrected chi connectivity index (χ4v) is 2.40. The first-order chi connectivity index (χ1) is 12.6. The molecule has 1 amide bonds. The highest BCUT2D eigenvalue weighted by molar-refractivity contribution is 6.04. The van der Waals surface area contributed by atoms with E-state index in [4.69, 9.17) is 4.74 Å². The maximum Gasteiger partial charge on any atom is 0.255 e. The molecule has 0 aliphatic rings. The number of ether oxygens (including phenoxy) is 1. The average molecular weight is 348 g/mol. The third-order valence-corrected chi connectivity index (χ3v) is 3.63. The van der Waals surface area contributed by atoms with Gasteiger partial charge in [-0.25, -0.2) is 9.97 Å². The summed E-state index contributed by atoms with van der Waals surface area (Å²) in [7, 11) is 0. The van der Waals surface area contributed by atoms with Crippen molar-refractivity contribution in [1.29, 1.82) is 0 Å². The van der Waals surface area contributed by atoms with E-state index in [1.165, 1.54) is 6.33 Å². The van der Waals surface area contributed by atoms with Crippen molar-refractivity contribution in [2.75, 3.05) is 17.2 Å². The van der Waals surface area contributed by atoms with Gasteiger partial charge < -0.3 is 15.4 Å². The van der Waals surface area contributed by atoms with E-state index in [0.717, 1.165) is 17.2 Å². The molecule has 3 aromatic rings. The lowest BCUT2D eigenvalue weighted by Gasteiger charge is -2.09. The number of nitrogens with zero attached hydrogens (tertiary/aromatic N) is 2. The molecule has 0 atom stereocenters. The summed E-state index contributed by atoms with van der Waals surface area (Å²) in [6, 6.07) is 16.4. The minimum Gasteiger partial charge on any atom is -0.494 e. The molecule has 1 aromatic heterocycles. The number of hydrogen-bond donors (Lipinski definition) is 2. The zero-order valence-corrected chi connectivity index (χ0v) is 14.7. The molecule has 6 heteroatoms. The maximum atomic E-state index is 12.4. The standard InChI is InChI=1S/C20H20N4O2/c1-3-26-18-6-4-5-15(12-18)20(25)24-17-9-7-16(8-10-17)23-19-11-14(2)21-13-22-19/h4-13H,3H2,1-2H3,(H,24,25)(H,21,22,23). The molecule has 0 saturated carbocycles. The van der Waals surface area contributed by atoms with Crippen LogP contribution in [0.4, 0.5) is 17.2 Å². The summed E-state index contributed by atoms with van der Waals surface area (Å²) in [6.45, 7) is 4.38. The van der Waals surface area contributed by atoms with Gasteiger partial charge in [-0.15, -0.1) is 0 Å². The Morgan fingerprint density at radius 1 is 1.04 bits per heavy atom. The van der Waals surface area contributed by atoms with Gasteiger partial charge in [0.05, 0.1) is 6.61 Å². The van der Waals surface area contributed by atoms with E-state index < -0.39 is 0 Å². The molecule has 2 aromatic carbocycles. The van der Waals surface area contributed by atoms with Crippen molar-refractivity contribution in [3.8, 4) is 5.75 Å². The molecular weight excluding hydrogens is 328 g/mol. The van der Waals surface area contributed by atoms with Gasteiger partial charge in [0.2, 0.25) is 0 Å². The van der Waals surface area contributed by atoms with Crippen LogP contribution in [0.1, 0.15) is 23.0 Å². The predicted molar refractivity (Wildman–Crippen MR) is 102 cm³/mol. The highest BCUT2D eigenvalue weighted by atomic mass is 16.5. The smallest absolute Gasteiger partial charge is 0.255 e. The number of rotatable bonds is 6. The number of aryl methyl sites for hydroxylation is 1. The predicted octanol–water partition coefficient (Wildman–Crippen LogP) is 4.18. The number of amides is 1. The SMILES string of the molecule is CCOc1cccc(C(=O)Nc2ccc(Nc3cc(C)ncn3)cc2)c1. The number of carbonyl (C=O) groups is 1. The Morgan fingerprint density at radius 2 is 1.81 bits per heavy atom. The summed E-state index contributed by atoms with van der Waals surface area (Å²) < 4.78 is 5.43. The molecule has 0 saturated heterocycles. The summed E-state index contributed by atoms with van der Waals surface area (Å²) in [4.78, 5) is 20.6. The molecule has 26 heavy (non-hydrogen) atoms. The van der Waals surface area contributed by atoms with E-state index in [-0.39, 0.29) is 5.91 Å². The van der Waals surface area contributed by atoms with Gasteiger partial charge in [0.15, 0.2) is 0 Å². The van der Waals surface area contributed by atoms with Crippen LogP contribution >= 0.6 is 0 Å². The third kappa shape index (κ3) is 4.57. The first-order valence-electron chi connectivity index (χ1n) is 8.34. The maximum absolute atomic E-state index is 12.4. The first-order valence-corrected chi connectivity index (χ1v) is 8.34. The van der Waals surface area contributed by atoms with Crippen molar-refractivity contribution in [1.82, 2.24) is 9.97 Å². The topological polar surface area (TPSA) is 76.1 Å². The van der Waals surface area contributed by atoms with Crippen LogP contribution in [0.15, 0.2) is 60.9 Å². The molecule has 6 nitrogen and oxygen atoms in total. The fourth-order valence-electron chi connectivity index (χ4n) is 2.40. The van der Waals surface area contributed by atoms with Crippen molar-refractivity contribution in [3.63, 3.8) is 0 Å². The van der Waals surface area contributed by atoms with Crippen LogP contribution in [0.3, 0.4) is 0 Å². The van der Waals surface area contributed by atoms with Gasteiger partial charge in [-0.1, -0.05) is 6.07 Å². The van der Waals surface area contributed by atoms with Gasteiger partial charge in [0.1, 0.15) is 17.9 Å². The molecule has 1 heterocycles. The van der Waals surface area contributed by atoms with E-state index in [1.807, 2.05) is 50.2 Å². The molecule has 0 spiro atoms. The van der Waals surface area contributed by atoms with E-state index >= 15 is 0 Å². The molecule has 0 aliphatic carbocycles. The summed E-state index contributed by atoms with van der Waals surface area (Å²) in [5.41, 5.74) is 3.02. The second-order valence-corrected chi connectivity index (χ2v) is 5.66. The first kappa shape index (κ1) is 17.4. The minimum atomic E-state index is -0.182. The zero-order valence-electron chi connectivity index (χ0n) is 14.7. The number of nitrogens with one attached hydrogen (secondary N) is 2. The van der Waals surface area contributed by atoms with Gasteiger partial charge in [0, 0.05) is 28.7 Å². The third-order valence-electron chi connectivity index (χ3n) is 3.63. The molecule has 132 valence electrons. The number of anilines is 3. The second kappa shape index (κ2) is 8.11. The Labute approximate surface area is 152 Å². The lowest BCUT2D eigenvalue weighted by Crippen LogP contribution is -2.12. The average Bonchev–Trinajstić information content (AvgIpc) is 2.64. The van der Waals surface area contributed by atoms with Gasteiger partial charge in [-0.2, -0.15) is 0 Å². The van der Waals surface area contributed by atoms with Crippen molar-refractivity contribution in [2.24, 2.45) is 0 Å². The molecule has 0 fully saturated rings. The van der Waals surface area contributed by atoms with E-state index in [1.54, 1.807) is 18.2 Å². The number of hydrogen-bond acceptors (Lipinski definition) is 5. The Kier molecular flexibility index (Phi) is 5.43. The molecule has 0 unspecified atom stereocenters. The fraction of sp³-hybridized carbons (Fsp3) is 0.150. The van der Waals surface area contributed by atoms with Crippen LogP contribution in [-0.2, 0) is 0 Å². The van der Waals surface area contributed by atoms with E-state index in [2.05, 4.69) is 20.6 Å². The normalized spacial score (nSPS) is 10.2.